The molecule has 3 atom stereocenters. The first-order chi connectivity index (χ1) is 16.9. The molecule has 2 unspecified atom stereocenters. The molecule has 1 aliphatic heterocycles. The summed E-state index contributed by atoms with van der Waals surface area (Å²) in [6.45, 7) is 6.33. The number of carbonyl (C=O) groups is 2. The second-order valence-electron chi connectivity index (χ2n) is 8.01. The third-order valence-electron chi connectivity index (χ3n) is 5.62. The van der Waals surface area contributed by atoms with E-state index in [0.29, 0.717) is 30.1 Å². The van der Waals surface area contributed by atoms with E-state index in [4.69, 9.17) is 19.7 Å². The lowest BCUT2D eigenvalue weighted by molar-refractivity contribution is -0.147. The molecule has 1 saturated heterocycles. The lowest BCUT2D eigenvalue weighted by atomic mass is 9.97. The number of esters is 1. The number of aromatic nitrogens is 4. The molecule has 35 heavy (non-hydrogen) atoms. The third kappa shape index (κ3) is 6.86. The van der Waals surface area contributed by atoms with Crippen LogP contribution in [0, 0.1) is 17.8 Å². The number of likely N-dealkylation sites (N-methyl/N-ethyl adjacent to an activating group) is 1. The fraction of sp³-hybridized carbons (Fsp3) is 0.591. The van der Waals surface area contributed by atoms with Gasteiger partial charge in [-0.25, -0.2) is 15.0 Å². The summed E-state index contributed by atoms with van der Waals surface area (Å²) in [6, 6.07) is 0. The van der Waals surface area contributed by atoms with Crippen molar-refractivity contribution in [3.63, 3.8) is 0 Å². The summed E-state index contributed by atoms with van der Waals surface area (Å²) in [7, 11) is 2.74. The normalized spacial score (nSPS) is 16.7. The molecule has 12 nitrogen and oxygen atoms in total. The second kappa shape index (κ2) is 12.7. The minimum Gasteiger partial charge on any atom is -0.469 e. The van der Waals surface area contributed by atoms with Gasteiger partial charge in [-0.15, -0.1) is 0 Å². The summed E-state index contributed by atoms with van der Waals surface area (Å²) in [5.74, 6) is 5.93. The van der Waals surface area contributed by atoms with Gasteiger partial charge >= 0.3 is 5.97 Å². The van der Waals surface area contributed by atoms with Gasteiger partial charge in [-0.1, -0.05) is 5.92 Å². The topological polar surface area (TPSA) is 147 Å². The maximum absolute atomic E-state index is 12.0. The van der Waals surface area contributed by atoms with Gasteiger partial charge in [-0.3, -0.25) is 14.5 Å². The summed E-state index contributed by atoms with van der Waals surface area (Å²) in [6.07, 6.45) is 2.14. The van der Waals surface area contributed by atoms with Crippen LogP contribution >= 0.6 is 8.81 Å². The molecule has 2 aromatic heterocycles. The highest BCUT2D eigenvalue weighted by atomic mass is 31.1. The Balaban J connectivity index is 1.65. The standard InChI is InChI=1S/C22H32N7O5P/c1-5-24-20(30)22(33-4)34-35-14(2)29-13-25-17-18(23)26-16(27-19(17)29)7-6-10-28-11-8-15(9-12-28)21(31)32-3/h13-15,22,35H,5,8-12H2,1-4H3,(H,24,30)(H2,23,26,27)/t14-,22?/m1/s1. The van der Waals surface area contributed by atoms with Crippen LogP contribution in [0.3, 0.4) is 0 Å². The van der Waals surface area contributed by atoms with E-state index in [-0.39, 0.29) is 38.2 Å². The van der Waals surface area contributed by atoms with Crippen molar-refractivity contribution in [3.05, 3.63) is 12.2 Å². The molecule has 0 spiro atoms. The van der Waals surface area contributed by atoms with Gasteiger partial charge in [0.05, 0.1) is 31.7 Å². The smallest absolute Gasteiger partial charge is 0.308 e. The fourth-order valence-electron chi connectivity index (χ4n) is 3.68. The maximum Gasteiger partial charge on any atom is 0.308 e. The molecule has 0 saturated carbocycles. The number of nitrogens with one attached hydrogen (secondary N) is 1. The Kier molecular flexibility index (Phi) is 9.74. The number of nitrogens with zero attached hydrogens (tertiary/aromatic N) is 5. The number of imidazole rings is 1. The zero-order chi connectivity index (χ0) is 25.4. The average Bonchev–Trinajstić information content (AvgIpc) is 3.29. The number of carbonyl (C=O) groups excluding carboxylic acids is 2. The zero-order valence-corrected chi connectivity index (χ0v) is 21.4. The van der Waals surface area contributed by atoms with Crippen LogP contribution in [0.15, 0.2) is 6.33 Å². The van der Waals surface area contributed by atoms with Crippen molar-refractivity contribution >= 4 is 37.7 Å². The van der Waals surface area contributed by atoms with Crippen molar-refractivity contribution in [2.75, 3.05) is 46.1 Å². The molecule has 1 amide bonds. The number of ether oxygens (including phenoxy) is 2. The number of nitrogens with two attached hydrogens (primary N) is 1. The molecule has 0 bridgehead atoms. The number of hydrogen-bond donors (Lipinski definition) is 2. The first kappa shape index (κ1) is 26.8. The van der Waals surface area contributed by atoms with Crippen molar-refractivity contribution < 1.29 is 23.6 Å². The number of rotatable bonds is 9. The lowest BCUT2D eigenvalue weighted by Gasteiger charge is -2.28. The Bertz CT molecular complexity index is 1090. The van der Waals surface area contributed by atoms with E-state index in [0.717, 1.165) is 25.9 Å². The minimum absolute atomic E-state index is 0.0399. The van der Waals surface area contributed by atoms with Gasteiger partial charge in [0.15, 0.2) is 11.5 Å². The Labute approximate surface area is 206 Å². The largest absolute Gasteiger partial charge is 0.469 e. The van der Waals surface area contributed by atoms with Crippen LogP contribution < -0.4 is 11.1 Å². The highest BCUT2D eigenvalue weighted by Crippen LogP contribution is 2.34. The zero-order valence-electron chi connectivity index (χ0n) is 20.4. The van der Waals surface area contributed by atoms with Crippen LogP contribution in [0.1, 0.15) is 38.3 Å². The molecular weight excluding hydrogens is 473 g/mol. The molecule has 2 aromatic rings. The van der Waals surface area contributed by atoms with Crippen molar-refractivity contribution in [2.24, 2.45) is 5.92 Å². The van der Waals surface area contributed by atoms with E-state index in [1.54, 1.807) is 6.33 Å². The van der Waals surface area contributed by atoms with Crippen LogP contribution in [-0.2, 0) is 23.6 Å². The van der Waals surface area contributed by atoms with E-state index < -0.39 is 6.29 Å². The molecule has 3 rings (SSSR count). The van der Waals surface area contributed by atoms with Gasteiger partial charge in [0, 0.05) is 22.5 Å². The van der Waals surface area contributed by atoms with Crippen LogP contribution in [0.25, 0.3) is 11.2 Å². The van der Waals surface area contributed by atoms with Gasteiger partial charge in [0.25, 0.3) is 5.91 Å². The lowest BCUT2D eigenvalue weighted by Crippen LogP contribution is -2.36. The number of likely N-dealkylation sites (tertiary alicyclic amines) is 1. The number of anilines is 1. The summed E-state index contributed by atoms with van der Waals surface area (Å²) in [5, 5.41) is 2.67. The van der Waals surface area contributed by atoms with Crippen LogP contribution in [0.5, 0.6) is 0 Å². The average molecular weight is 506 g/mol. The van der Waals surface area contributed by atoms with Crippen molar-refractivity contribution in [1.82, 2.24) is 29.7 Å². The van der Waals surface area contributed by atoms with Gasteiger partial charge in [-0.05, 0) is 45.7 Å². The highest BCUT2D eigenvalue weighted by Gasteiger charge is 2.25. The predicted octanol–water partition coefficient (Wildman–Crippen LogP) is 0.882. The minimum atomic E-state index is -0.996. The molecular formula is C22H32N7O5P. The molecule has 0 aromatic carbocycles. The van der Waals surface area contributed by atoms with Crippen LogP contribution in [0.4, 0.5) is 5.82 Å². The monoisotopic (exact) mass is 505 g/mol. The van der Waals surface area contributed by atoms with E-state index in [1.807, 2.05) is 18.4 Å². The summed E-state index contributed by atoms with van der Waals surface area (Å²) in [4.78, 5) is 39.0. The first-order valence-corrected chi connectivity index (χ1v) is 12.4. The molecule has 0 radical (unpaired) electrons. The van der Waals surface area contributed by atoms with E-state index in [2.05, 4.69) is 37.0 Å². The van der Waals surface area contributed by atoms with Crippen LogP contribution in [-0.4, -0.2) is 83.0 Å². The number of piperidine rings is 1. The summed E-state index contributed by atoms with van der Waals surface area (Å²) in [5.41, 5.74) is 7.12. The van der Waals surface area contributed by atoms with E-state index in [1.165, 1.54) is 14.2 Å². The molecule has 3 N–H and O–H groups in total. The number of amides is 1. The Morgan fingerprint density at radius 2 is 2.06 bits per heavy atom. The molecule has 13 heteroatoms. The number of methoxy groups -OCH3 is 2. The Morgan fingerprint density at radius 1 is 1.31 bits per heavy atom. The molecule has 1 fully saturated rings. The summed E-state index contributed by atoms with van der Waals surface area (Å²) >= 11 is 0. The maximum atomic E-state index is 12.0. The molecule has 0 aliphatic carbocycles. The van der Waals surface area contributed by atoms with Gasteiger partial charge in [-0.2, -0.15) is 0 Å². The number of fused-ring (bicyclic) bond motifs is 1. The quantitative estimate of drug-likeness (QED) is 0.218. The van der Waals surface area contributed by atoms with Crippen LogP contribution in [0.2, 0.25) is 0 Å². The second-order valence-corrected chi connectivity index (χ2v) is 9.31. The Hall–Kier alpha value is -2.84. The molecule has 3 heterocycles. The first-order valence-electron chi connectivity index (χ1n) is 11.4. The van der Waals surface area contributed by atoms with E-state index in [9.17, 15) is 9.59 Å². The van der Waals surface area contributed by atoms with E-state index >= 15 is 0 Å². The number of hydrogen-bond acceptors (Lipinski definition) is 10. The van der Waals surface area contributed by atoms with Gasteiger partial charge < -0.3 is 29.6 Å². The SMILES string of the molecule is CCNC(=O)C(OC)OP[C@H](C)n1cnc2c(N)nc(C#CCN3CCC(C(=O)OC)CC3)nc21. The van der Waals surface area contributed by atoms with Gasteiger partial charge in [0.2, 0.25) is 12.1 Å². The van der Waals surface area contributed by atoms with Crippen molar-refractivity contribution in [1.29, 1.82) is 0 Å². The third-order valence-corrected chi connectivity index (χ3v) is 6.58. The van der Waals surface area contributed by atoms with Crippen molar-refractivity contribution in [3.8, 4) is 11.8 Å². The summed E-state index contributed by atoms with van der Waals surface area (Å²) < 4.78 is 17.5. The van der Waals surface area contributed by atoms with Crippen molar-refractivity contribution in [2.45, 2.75) is 38.8 Å². The Morgan fingerprint density at radius 3 is 2.71 bits per heavy atom. The van der Waals surface area contributed by atoms with Gasteiger partial charge in [0.1, 0.15) is 5.52 Å². The molecule has 190 valence electrons. The predicted molar refractivity (Wildman–Crippen MR) is 131 cm³/mol. The highest BCUT2D eigenvalue weighted by molar-refractivity contribution is 7.32. The number of nitrogen functional groups attached to an aromatic ring is 1. The molecule has 1 aliphatic rings. The fourth-order valence-corrected chi connectivity index (χ4v) is 4.51.